The molecule has 0 unspecified atom stereocenters. The molecule has 1 aromatic carbocycles. The van der Waals surface area contributed by atoms with Crippen molar-refractivity contribution in [1.82, 2.24) is 9.80 Å². The second-order valence-corrected chi connectivity index (χ2v) is 6.97. The summed E-state index contributed by atoms with van der Waals surface area (Å²) in [4.78, 5) is 27.9. The molecule has 0 atom stereocenters. The number of amides is 2. The fourth-order valence-electron chi connectivity index (χ4n) is 3.34. The lowest BCUT2D eigenvalue weighted by Crippen LogP contribution is -2.40. The Morgan fingerprint density at radius 2 is 1.67 bits per heavy atom. The minimum Gasteiger partial charge on any atom is -0.347 e. The van der Waals surface area contributed by atoms with Crippen molar-refractivity contribution in [1.29, 1.82) is 0 Å². The number of benzene rings is 1. The van der Waals surface area contributed by atoms with Gasteiger partial charge < -0.3 is 9.80 Å². The summed E-state index contributed by atoms with van der Waals surface area (Å²) in [6.07, 6.45) is 7.31. The van der Waals surface area contributed by atoms with Crippen molar-refractivity contribution < 1.29 is 9.59 Å². The van der Waals surface area contributed by atoms with Crippen LogP contribution in [0.4, 0.5) is 0 Å². The molecular formula is C20H30N2O2. The van der Waals surface area contributed by atoms with Crippen LogP contribution in [0.1, 0.15) is 67.3 Å². The topological polar surface area (TPSA) is 40.6 Å². The van der Waals surface area contributed by atoms with E-state index in [1.807, 2.05) is 19.1 Å². The van der Waals surface area contributed by atoms with Gasteiger partial charge in [-0.15, -0.1) is 0 Å². The summed E-state index contributed by atoms with van der Waals surface area (Å²) in [5.74, 6) is 0.544. The molecule has 0 radical (unpaired) electrons. The third kappa shape index (κ3) is 4.83. The Kier molecular flexibility index (Phi) is 6.83. The van der Waals surface area contributed by atoms with E-state index in [9.17, 15) is 9.59 Å². The molecule has 0 heterocycles. The minimum absolute atomic E-state index is 0.0457. The van der Waals surface area contributed by atoms with E-state index in [2.05, 4.69) is 12.1 Å². The van der Waals surface area contributed by atoms with E-state index in [-0.39, 0.29) is 18.4 Å². The number of likely N-dealkylation sites (N-methyl/N-ethyl adjacent to an activating group) is 1. The van der Waals surface area contributed by atoms with Crippen molar-refractivity contribution >= 4 is 11.8 Å². The van der Waals surface area contributed by atoms with Crippen LogP contribution in [0, 0.1) is 0 Å². The Hall–Kier alpha value is -1.84. The number of hydrogen-bond donors (Lipinski definition) is 0. The quantitative estimate of drug-likeness (QED) is 0.798. The summed E-state index contributed by atoms with van der Waals surface area (Å²) in [5.41, 5.74) is 2.02. The van der Waals surface area contributed by atoms with Crippen LogP contribution >= 0.6 is 0 Å². The van der Waals surface area contributed by atoms with Gasteiger partial charge in [0.15, 0.2) is 0 Å². The maximum Gasteiger partial charge on any atom is 0.254 e. The van der Waals surface area contributed by atoms with Gasteiger partial charge in [0.25, 0.3) is 5.91 Å². The Morgan fingerprint density at radius 1 is 1.04 bits per heavy atom. The van der Waals surface area contributed by atoms with Gasteiger partial charge in [0.2, 0.25) is 5.91 Å². The van der Waals surface area contributed by atoms with Gasteiger partial charge >= 0.3 is 0 Å². The van der Waals surface area contributed by atoms with Crippen molar-refractivity contribution in [2.75, 3.05) is 27.2 Å². The van der Waals surface area contributed by atoms with E-state index in [1.165, 1.54) is 42.6 Å². The van der Waals surface area contributed by atoms with E-state index in [4.69, 9.17) is 0 Å². The molecule has 1 aromatic rings. The largest absolute Gasteiger partial charge is 0.347 e. The van der Waals surface area contributed by atoms with E-state index < -0.39 is 0 Å². The van der Waals surface area contributed by atoms with Crippen molar-refractivity contribution in [2.45, 2.75) is 51.4 Å². The fourth-order valence-corrected chi connectivity index (χ4v) is 3.34. The molecule has 1 aliphatic rings. The van der Waals surface area contributed by atoms with Crippen molar-refractivity contribution in [2.24, 2.45) is 0 Å². The number of carbonyl (C=O) groups is 2. The highest BCUT2D eigenvalue weighted by atomic mass is 16.2. The predicted octanol–water partition coefficient (Wildman–Crippen LogP) is 3.67. The van der Waals surface area contributed by atoms with Crippen LogP contribution < -0.4 is 0 Å². The highest BCUT2D eigenvalue weighted by Crippen LogP contribution is 2.32. The highest BCUT2D eigenvalue weighted by Gasteiger charge is 2.20. The zero-order valence-electron chi connectivity index (χ0n) is 15.3. The molecule has 2 rings (SSSR count). The second-order valence-electron chi connectivity index (χ2n) is 6.97. The predicted molar refractivity (Wildman–Crippen MR) is 97.2 cm³/mol. The standard InChI is InChI=1S/C20H30N2O2/c1-4-14-22(15-19(23)21(2)3)20(24)18-12-10-17(11-13-18)16-8-6-5-7-9-16/h10-13,16H,4-9,14-15H2,1-3H3. The molecule has 1 saturated carbocycles. The molecule has 0 N–H and O–H groups in total. The highest BCUT2D eigenvalue weighted by molar-refractivity contribution is 5.96. The summed E-state index contributed by atoms with van der Waals surface area (Å²) in [5, 5.41) is 0. The van der Waals surface area contributed by atoms with Gasteiger partial charge in [-0.1, -0.05) is 38.3 Å². The number of nitrogens with zero attached hydrogens (tertiary/aromatic N) is 2. The first-order valence-corrected chi connectivity index (χ1v) is 9.12. The summed E-state index contributed by atoms with van der Waals surface area (Å²) in [6.45, 7) is 2.76. The third-order valence-electron chi connectivity index (χ3n) is 4.84. The third-order valence-corrected chi connectivity index (χ3v) is 4.84. The molecule has 24 heavy (non-hydrogen) atoms. The first-order chi connectivity index (χ1) is 11.5. The Bertz CT molecular complexity index is 545. The lowest BCUT2D eigenvalue weighted by atomic mass is 9.84. The molecule has 0 aliphatic heterocycles. The number of hydrogen-bond acceptors (Lipinski definition) is 2. The number of rotatable bonds is 6. The zero-order chi connectivity index (χ0) is 17.5. The van der Waals surface area contributed by atoms with Gasteiger partial charge in [-0.05, 0) is 42.9 Å². The van der Waals surface area contributed by atoms with Crippen LogP contribution in [0.25, 0.3) is 0 Å². The zero-order valence-corrected chi connectivity index (χ0v) is 15.3. The van der Waals surface area contributed by atoms with E-state index in [0.29, 0.717) is 18.0 Å². The SMILES string of the molecule is CCCN(CC(=O)N(C)C)C(=O)c1ccc(C2CCCCC2)cc1. The van der Waals surface area contributed by atoms with Gasteiger partial charge in [-0.2, -0.15) is 0 Å². The molecule has 0 bridgehead atoms. The van der Waals surface area contributed by atoms with Crippen LogP contribution in [0.5, 0.6) is 0 Å². The van der Waals surface area contributed by atoms with Crippen molar-refractivity contribution in [3.8, 4) is 0 Å². The first-order valence-electron chi connectivity index (χ1n) is 9.12. The maximum atomic E-state index is 12.7. The lowest BCUT2D eigenvalue weighted by molar-refractivity contribution is -0.129. The smallest absolute Gasteiger partial charge is 0.254 e. The van der Waals surface area contributed by atoms with E-state index in [1.54, 1.807) is 19.0 Å². The molecule has 4 heteroatoms. The maximum absolute atomic E-state index is 12.7. The average molecular weight is 330 g/mol. The summed E-state index contributed by atoms with van der Waals surface area (Å²) in [7, 11) is 3.44. The molecule has 0 spiro atoms. The molecule has 2 amide bonds. The monoisotopic (exact) mass is 330 g/mol. The second kappa shape index (κ2) is 8.86. The fraction of sp³-hybridized carbons (Fsp3) is 0.600. The van der Waals surface area contributed by atoms with Crippen molar-refractivity contribution in [3.63, 3.8) is 0 Å². The molecule has 0 aromatic heterocycles. The molecular weight excluding hydrogens is 300 g/mol. The molecule has 132 valence electrons. The van der Waals surface area contributed by atoms with E-state index >= 15 is 0 Å². The Balaban J connectivity index is 2.06. The molecule has 4 nitrogen and oxygen atoms in total. The first kappa shape index (κ1) is 18.5. The average Bonchev–Trinajstić information content (AvgIpc) is 2.61. The molecule has 1 fully saturated rings. The van der Waals surface area contributed by atoms with Crippen LogP contribution in [-0.4, -0.2) is 48.8 Å². The van der Waals surface area contributed by atoms with Gasteiger partial charge in [-0.3, -0.25) is 9.59 Å². The van der Waals surface area contributed by atoms with Crippen LogP contribution in [0.3, 0.4) is 0 Å². The lowest BCUT2D eigenvalue weighted by Gasteiger charge is -2.24. The van der Waals surface area contributed by atoms with Crippen LogP contribution in [0.15, 0.2) is 24.3 Å². The summed E-state index contributed by atoms with van der Waals surface area (Å²) < 4.78 is 0. The molecule has 0 saturated heterocycles. The van der Waals surface area contributed by atoms with E-state index in [0.717, 1.165) is 6.42 Å². The normalized spacial score (nSPS) is 15.1. The van der Waals surface area contributed by atoms with Crippen molar-refractivity contribution in [3.05, 3.63) is 35.4 Å². The summed E-state index contributed by atoms with van der Waals surface area (Å²) in [6, 6.07) is 8.05. The van der Waals surface area contributed by atoms with Crippen LogP contribution in [0.2, 0.25) is 0 Å². The molecule has 1 aliphatic carbocycles. The van der Waals surface area contributed by atoms with Crippen LogP contribution in [-0.2, 0) is 4.79 Å². The summed E-state index contributed by atoms with van der Waals surface area (Å²) >= 11 is 0. The van der Waals surface area contributed by atoms with Gasteiger partial charge in [0.05, 0.1) is 0 Å². The Morgan fingerprint density at radius 3 is 2.21 bits per heavy atom. The number of carbonyl (C=O) groups excluding carboxylic acids is 2. The van der Waals surface area contributed by atoms with Gasteiger partial charge in [0, 0.05) is 26.2 Å². The van der Waals surface area contributed by atoms with Gasteiger partial charge in [0.1, 0.15) is 6.54 Å². The Labute approximate surface area is 145 Å². The van der Waals surface area contributed by atoms with Gasteiger partial charge in [-0.25, -0.2) is 0 Å². The minimum atomic E-state index is -0.0535.